The summed E-state index contributed by atoms with van der Waals surface area (Å²) in [5.74, 6) is 0.292. The van der Waals surface area contributed by atoms with Gasteiger partial charge in [0.1, 0.15) is 17.1 Å². The van der Waals surface area contributed by atoms with E-state index in [-0.39, 0.29) is 17.9 Å². The van der Waals surface area contributed by atoms with Crippen molar-refractivity contribution in [1.29, 1.82) is 0 Å². The van der Waals surface area contributed by atoms with Gasteiger partial charge in [-0.3, -0.25) is 0 Å². The zero-order valence-corrected chi connectivity index (χ0v) is 17.9. The minimum atomic E-state index is -4.61. The zero-order valence-electron chi connectivity index (χ0n) is 17.1. The minimum absolute atomic E-state index is 0.0254. The van der Waals surface area contributed by atoms with Gasteiger partial charge in [-0.2, -0.15) is 18.2 Å². The molecule has 3 aromatic rings. The summed E-state index contributed by atoms with van der Waals surface area (Å²) in [4.78, 5) is 7.89. The Morgan fingerprint density at radius 3 is 2.41 bits per heavy atom. The number of ether oxygens (including phenoxy) is 1. The fourth-order valence-corrected chi connectivity index (χ4v) is 3.69. The molecule has 0 radical (unpaired) electrons. The van der Waals surface area contributed by atoms with Crippen molar-refractivity contribution in [3.8, 4) is 5.75 Å². The lowest BCUT2D eigenvalue weighted by Crippen LogP contribution is -2.19. The van der Waals surface area contributed by atoms with Gasteiger partial charge < -0.3 is 15.4 Å². The maximum Gasteiger partial charge on any atom is 0.421 e. The van der Waals surface area contributed by atoms with Crippen LogP contribution in [-0.2, 0) is 6.18 Å². The molecule has 1 fully saturated rings. The number of halogens is 4. The van der Waals surface area contributed by atoms with Gasteiger partial charge in [0.15, 0.2) is 0 Å². The molecular formula is C23H22ClF3N4O. The van der Waals surface area contributed by atoms with Crippen LogP contribution in [0.4, 0.5) is 36.3 Å². The predicted octanol–water partition coefficient (Wildman–Crippen LogP) is 7.35. The van der Waals surface area contributed by atoms with E-state index in [2.05, 4.69) is 20.6 Å². The van der Waals surface area contributed by atoms with Gasteiger partial charge in [0, 0.05) is 28.7 Å². The van der Waals surface area contributed by atoms with Crippen molar-refractivity contribution in [1.82, 2.24) is 9.97 Å². The second-order valence-corrected chi connectivity index (χ2v) is 8.05. The number of benzene rings is 2. The first kappa shape index (κ1) is 22.2. The van der Waals surface area contributed by atoms with Crippen LogP contribution in [0.2, 0.25) is 5.02 Å². The standard InChI is InChI=1S/C23H22ClF3N4O/c24-15-9-11-16(12-10-15)30-22-28-14-20(23(25,26)27)21(31-22)29-17-5-4-8-19(13-17)32-18-6-2-1-3-7-18/h4-5,8-14,18H,1-3,6-7H2,(H2,28,29,30,31). The van der Waals surface area contributed by atoms with Gasteiger partial charge in [0.2, 0.25) is 5.95 Å². The van der Waals surface area contributed by atoms with Crippen molar-refractivity contribution >= 4 is 34.7 Å². The summed E-state index contributed by atoms with van der Waals surface area (Å²) in [5.41, 5.74) is 0.0840. The topological polar surface area (TPSA) is 59.1 Å². The van der Waals surface area contributed by atoms with Gasteiger partial charge in [-0.25, -0.2) is 4.98 Å². The minimum Gasteiger partial charge on any atom is -0.490 e. The van der Waals surface area contributed by atoms with E-state index in [1.165, 1.54) is 6.42 Å². The zero-order chi connectivity index (χ0) is 22.6. The highest BCUT2D eigenvalue weighted by Gasteiger charge is 2.35. The molecule has 0 bridgehead atoms. The number of hydrogen-bond acceptors (Lipinski definition) is 5. The molecule has 1 aromatic heterocycles. The third-order valence-electron chi connectivity index (χ3n) is 5.15. The van der Waals surface area contributed by atoms with E-state index >= 15 is 0 Å². The van der Waals surface area contributed by atoms with Crippen LogP contribution in [-0.4, -0.2) is 16.1 Å². The molecule has 0 saturated heterocycles. The van der Waals surface area contributed by atoms with E-state index in [1.54, 1.807) is 48.5 Å². The molecule has 1 aliphatic carbocycles. The Labute approximate surface area is 189 Å². The van der Waals surface area contributed by atoms with Crippen molar-refractivity contribution in [2.75, 3.05) is 10.6 Å². The van der Waals surface area contributed by atoms with Crippen LogP contribution < -0.4 is 15.4 Å². The lowest BCUT2D eigenvalue weighted by atomic mass is 9.98. The summed E-state index contributed by atoms with van der Waals surface area (Å²) in [6.45, 7) is 0. The molecule has 1 saturated carbocycles. The van der Waals surface area contributed by atoms with Crippen molar-refractivity contribution in [2.24, 2.45) is 0 Å². The maximum atomic E-state index is 13.6. The van der Waals surface area contributed by atoms with Crippen molar-refractivity contribution in [2.45, 2.75) is 44.4 Å². The summed E-state index contributed by atoms with van der Waals surface area (Å²) in [6.07, 6.45) is 1.72. The summed E-state index contributed by atoms with van der Waals surface area (Å²) < 4.78 is 46.7. The number of nitrogens with one attached hydrogen (secondary N) is 2. The highest BCUT2D eigenvalue weighted by atomic mass is 35.5. The highest BCUT2D eigenvalue weighted by molar-refractivity contribution is 6.30. The largest absolute Gasteiger partial charge is 0.490 e. The molecule has 0 unspecified atom stereocenters. The molecule has 9 heteroatoms. The molecule has 4 rings (SSSR count). The quantitative estimate of drug-likeness (QED) is 0.401. The molecule has 168 valence electrons. The Hall–Kier alpha value is -3.00. The molecule has 0 atom stereocenters. The Morgan fingerprint density at radius 2 is 1.69 bits per heavy atom. The molecule has 0 aliphatic heterocycles. The van der Waals surface area contributed by atoms with Crippen molar-refractivity contribution < 1.29 is 17.9 Å². The summed E-state index contributed by atoms with van der Waals surface area (Å²) in [7, 11) is 0. The average molecular weight is 463 g/mol. The van der Waals surface area contributed by atoms with Gasteiger partial charge in [0.05, 0.1) is 6.10 Å². The van der Waals surface area contributed by atoms with Crippen molar-refractivity contribution in [3.63, 3.8) is 0 Å². The number of anilines is 4. The first-order valence-electron chi connectivity index (χ1n) is 10.4. The lowest BCUT2D eigenvalue weighted by Gasteiger charge is -2.23. The summed E-state index contributed by atoms with van der Waals surface area (Å²) in [5, 5.41) is 6.21. The normalized spacial score (nSPS) is 14.8. The first-order valence-corrected chi connectivity index (χ1v) is 10.8. The number of nitrogens with zero attached hydrogens (tertiary/aromatic N) is 2. The van der Waals surface area contributed by atoms with Gasteiger partial charge in [-0.1, -0.05) is 24.1 Å². The average Bonchev–Trinajstić information content (AvgIpc) is 2.76. The van der Waals surface area contributed by atoms with E-state index < -0.39 is 11.7 Å². The molecule has 0 amide bonds. The molecule has 1 aliphatic rings. The van der Waals surface area contributed by atoms with Crippen LogP contribution in [0.3, 0.4) is 0 Å². The fraction of sp³-hybridized carbons (Fsp3) is 0.304. The second kappa shape index (κ2) is 9.65. The lowest BCUT2D eigenvalue weighted by molar-refractivity contribution is -0.137. The second-order valence-electron chi connectivity index (χ2n) is 7.62. The molecule has 1 heterocycles. The third-order valence-corrected chi connectivity index (χ3v) is 5.40. The molecule has 5 nitrogen and oxygen atoms in total. The number of alkyl halides is 3. The van der Waals surface area contributed by atoms with E-state index in [4.69, 9.17) is 16.3 Å². The third kappa shape index (κ3) is 5.82. The predicted molar refractivity (Wildman–Crippen MR) is 119 cm³/mol. The highest BCUT2D eigenvalue weighted by Crippen LogP contribution is 2.36. The van der Waals surface area contributed by atoms with Gasteiger partial charge >= 0.3 is 6.18 Å². The van der Waals surface area contributed by atoms with Crippen molar-refractivity contribution in [3.05, 3.63) is 65.3 Å². The van der Waals surface area contributed by atoms with E-state index in [9.17, 15) is 13.2 Å². The van der Waals surface area contributed by atoms with Crippen LogP contribution in [0.1, 0.15) is 37.7 Å². The van der Waals surface area contributed by atoms with Crippen LogP contribution >= 0.6 is 11.6 Å². The van der Waals surface area contributed by atoms with E-state index in [0.717, 1.165) is 31.9 Å². The smallest absolute Gasteiger partial charge is 0.421 e. The fourth-order valence-electron chi connectivity index (χ4n) is 3.57. The Kier molecular flexibility index (Phi) is 6.69. The van der Waals surface area contributed by atoms with Crippen LogP contribution in [0.25, 0.3) is 0 Å². The van der Waals surface area contributed by atoms with Gasteiger partial charge in [0.25, 0.3) is 0 Å². The number of aromatic nitrogens is 2. The number of hydrogen-bond donors (Lipinski definition) is 2. The maximum absolute atomic E-state index is 13.6. The summed E-state index contributed by atoms with van der Waals surface area (Å²) >= 11 is 5.87. The van der Waals surface area contributed by atoms with Gasteiger partial charge in [-0.05, 0) is 62.1 Å². The summed E-state index contributed by atoms with van der Waals surface area (Å²) in [6, 6.07) is 13.6. The Balaban J connectivity index is 1.56. The van der Waals surface area contributed by atoms with Crippen LogP contribution in [0.5, 0.6) is 5.75 Å². The Morgan fingerprint density at radius 1 is 0.938 bits per heavy atom. The first-order chi connectivity index (χ1) is 15.4. The van der Waals surface area contributed by atoms with Crippen LogP contribution in [0, 0.1) is 0 Å². The monoisotopic (exact) mass is 462 g/mol. The molecule has 2 N–H and O–H groups in total. The SMILES string of the molecule is FC(F)(F)c1cnc(Nc2ccc(Cl)cc2)nc1Nc1cccc(OC2CCCCC2)c1. The number of rotatable bonds is 6. The molecule has 2 aromatic carbocycles. The Bertz CT molecular complexity index is 1050. The van der Waals surface area contributed by atoms with Gasteiger partial charge in [-0.15, -0.1) is 0 Å². The van der Waals surface area contributed by atoms with E-state index in [0.29, 0.717) is 22.1 Å². The molecular weight excluding hydrogens is 441 g/mol. The molecule has 0 spiro atoms. The van der Waals surface area contributed by atoms with Crippen LogP contribution in [0.15, 0.2) is 54.7 Å². The molecule has 32 heavy (non-hydrogen) atoms. The van der Waals surface area contributed by atoms with E-state index in [1.807, 2.05) is 0 Å².